The zero-order valence-electron chi connectivity index (χ0n) is 12.9. The van der Waals surface area contributed by atoms with Crippen LogP contribution in [0.3, 0.4) is 0 Å². The number of likely N-dealkylation sites (tertiary alicyclic amines) is 1. The van der Waals surface area contributed by atoms with Crippen LogP contribution in [0.2, 0.25) is 0 Å². The summed E-state index contributed by atoms with van der Waals surface area (Å²) < 4.78 is 14.7. The van der Waals surface area contributed by atoms with Crippen molar-refractivity contribution in [3.8, 4) is 0 Å². The molecule has 8 heteroatoms. The lowest BCUT2D eigenvalue weighted by molar-refractivity contribution is -0.143. The summed E-state index contributed by atoms with van der Waals surface area (Å²) in [4.78, 5) is 24.9. The molecule has 0 radical (unpaired) electrons. The monoisotopic (exact) mass is 332 g/mol. The molecule has 7 nitrogen and oxygen atoms in total. The average Bonchev–Trinajstić information content (AvgIpc) is 3.02. The lowest BCUT2D eigenvalue weighted by Crippen LogP contribution is -2.40. The highest BCUT2D eigenvalue weighted by Gasteiger charge is 2.28. The summed E-state index contributed by atoms with van der Waals surface area (Å²) in [7, 11) is 0. The van der Waals surface area contributed by atoms with E-state index in [0.29, 0.717) is 32.5 Å². The van der Waals surface area contributed by atoms with Crippen LogP contribution in [0.25, 0.3) is 0 Å². The maximum absolute atomic E-state index is 13.2. The zero-order valence-corrected chi connectivity index (χ0v) is 12.9. The van der Waals surface area contributed by atoms with E-state index in [2.05, 4.69) is 10.3 Å². The van der Waals surface area contributed by atoms with Crippen LogP contribution < -0.4 is 0 Å². The Bertz CT molecular complexity index is 753. The van der Waals surface area contributed by atoms with Gasteiger partial charge in [0.05, 0.1) is 18.7 Å². The van der Waals surface area contributed by atoms with Gasteiger partial charge in [0.2, 0.25) is 0 Å². The van der Waals surface area contributed by atoms with E-state index in [4.69, 9.17) is 5.11 Å². The standard InChI is InChI=1S/C16H17FN4O3/c17-13-3-1-2-11(8-13)9-21-10-14(18-19-21)15(22)20-6-4-12(5-7-20)16(23)24/h1-3,8,10,12H,4-7,9H2,(H,23,24). The SMILES string of the molecule is O=C(O)C1CCN(C(=O)c2cn(Cc3cccc(F)c3)nn2)CC1. The molecule has 3 rings (SSSR count). The van der Waals surface area contributed by atoms with Crippen molar-refractivity contribution in [2.24, 2.45) is 5.92 Å². The maximum Gasteiger partial charge on any atom is 0.306 e. The van der Waals surface area contributed by atoms with Crippen LogP contribution in [0.1, 0.15) is 28.9 Å². The number of rotatable bonds is 4. The fourth-order valence-electron chi connectivity index (χ4n) is 2.79. The molecule has 0 spiro atoms. The van der Waals surface area contributed by atoms with Crippen LogP contribution in [-0.2, 0) is 11.3 Å². The minimum absolute atomic E-state index is 0.208. The Hall–Kier alpha value is -2.77. The van der Waals surface area contributed by atoms with Gasteiger partial charge in [0.25, 0.3) is 5.91 Å². The number of aliphatic carboxylic acids is 1. The Balaban J connectivity index is 1.63. The molecule has 126 valence electrons. The number of carboxylic acid groups (broad SMARTS) is 1. The fourth-order valence-corrected chi connectivity index (χ4v) is 2.79. The molecule has 1 aliphatic heterocycles. The van der Waals surface area contributed by atoms with Crippen LogP contribution in [0.5, 0.6) is 0 Å². The first-order valence-electron chi connectivity index (χ1n) is 7.69. The number of carbonyl (C=O) groups is 2. The molecule has 0 atom stereocenters. The number of carboxylic acids is 1. The quantitative estimate of drug-likeness (QED) is 0.914. The van der Waals surface area contributed by atoms with Crippen molar-refractivity contribution < 1.29 is 19.1 Å². The molecule has 0 bridgehead atoms. The molecule has 24 heavy (non-hydrogen) atoms. The van der Waals surface area contributed by atoms with Gasteiger partial charge in [-0.3, -0.25) is 9.59 Å². The number of aromatic nitrogens is 3. The second-order valence-electron chi connectivity index (χ2n) is 5.84. The Labute approximate surface area is 137 Å². The highest BCUT2D eigenvalue weighted by molar-refractivity contribution is 5.92. The summed E-state index contributed by atoms with van der Waals surface area (Å²) in [5.41, 5.74) is 0.932. The van der Waals surface area contributed by atoms with Gasteiger partial charge in [-0.05, 0) is 30.5 Å². The number of hydrogen-bond acceptors (Lipinski definition) is 4. The van der Waals surface area contributed by atoms with Crippen LogP contribution in [0.15, 0.2) is 30.5 Å². The van der Waals surface area contributed by atoms with Gasteiger partial charge in [-0.25, -0.2) is 9.07 Å². The molecule has 2 aromatic rings. The summed E-state index contributed by atoms with van der Waals surface area (Å²) in [6, 6.07) is 6.14. The molecule has 1 saturated heterocycles. The van der Waals surface area contributed by atoms with Crippen molar-refractivity contribution in [2.75, 3.05) is 13.1 Å². The van der Waals surface area contributed by atoms with Crippen molar-refractivity contribution >= 4 is 11.9 Å². The van der Waals surface area contributed by atoms with Crippen LogP contribution in [0.4, 0.5) is 4.39 Å². The van der Waals surface area contributed by atoms with Crippen molar-refractivity contribution in [1.82, 2.24) is 19.9 Å². The first kappa shape index (κ1) is 16.1. The van der Waals surface area contributed by atoms with Gasteiger partial charge in [0, 0.05) is 13.1 Å². The average molecular weight is 332 g/mol. The van der Waals surface area contributed by atoms with Gasteiger partial charge in [-0.2, -0.15) is 0 Å². The molecular formula is C16H17FN4O3. The van der Waals surface area contributed by atoms with E-state index in [-0.39, 0.29) is 17.4 Å². The molecule has 1 aromatic heterocycles. The van der Waals surface area contributed by atoms with Gasteiger partial charge in [-0.1, -0.05) is 17.3 Å². The highest BCUT2D eigenvalue weighted by atomic mass is 19.1. The van der Waals surface area contributed by atoms with Gasteiger partial charge >= 0.3 is 5.97 Å². The van der Waals surface area contributed by atoms with Crippen molar-refractivity contribution in [2.45, 2.75) is 19.4 Å². The van der Waals surface area contributed by atoms with Gasteiger partial charge in [0.15, 0.2) is 5.69 Å². The number of carbonyl (C=O) groups excluding carboxylic acids is 1. The van der Waals surface area contributed by atoms with E-state index in [1.54, 1.807) is 17.0 Å². The summed E-state index contributed by atoms with van der Waals surface area (Å²) in [6.45, 7) is 1.11. The molecule has 1 N–H and O–H groups in total. The third-order valence-electron chi connectivity index (χ3n) is 4.12. The molecule has 1 aliphatic rings. The number of benzene rings is 1. The molecule has 1 aromatic carbocycles. The van der Waals surface area contributed by atoms with Crippen LogP contribution in [0, 0.1) is 11.7 Å². The van der Waals surface area contributed by atoms with E-state index < -0.39 is 11.9 Å². The number of piperidine rings is 1. The van der Waals surface area contributed by atoms with Crippen LogP contribution >= 0.6 is 0 Å². The molecule has 0 aliphatic carbocycles. The Kier molecular flexibility index (Phi) is 4.54. The predicted molar refractivity (Wildman–Crippen MR) is 81.8 cm³/mol. The number of halogens is 1. The number of amides is 1. The first-order valence-corrected chi connectivity index (χ1v) is 7.69. The maximum atomic E-state index is 13.2. The molecule has 2 heterocycles. The second kappa shape index (κ2) is 6.77. The predicted octanol–water partition coefficient (Wildman–Crippen LogP) is 1.40. The third-order valence-corrected chi connectivity index (χ3v) is 4.12. The first-order chi connectivity index (χ1) is 11.5. The Morgan fingerprint density at radius 3 is 2.71 bits per heavy atom. The number of nitrogens with zero attached hydrogens (tertiary/aromatic N) is 4. The van der Waals surface area contributed by atoms with Crippen molar-refractivity contribution in [3.63, 3.8) is 0 Å². The fraction of sp³-hybridized carbons (Fsp3) is 0.375. The van der Waals surface area contributed by atoms with Crippen LogP contribution in [-0.4, -0.2) is 50.0 Å². The number of hydrogen-bond donors (Lipinski definition) is 1. The van der Waals surface area contributed by atoms with Gasteiger partial charge in [0.1, 0.15) is 5.82 Å². The van der Waals surface area contributed by atoms with Gasteiger partial charge < -0.3 is 10.0 Å². The largest absolute Gasteiger partial charge is 0.481 e. The Morgan fingerprint density at radius 1 is 1.29 bits per heavy atom. The molecule has 0 unspecified atom stereocenters. The zero-order chi connectivity index (χ0) is 17.1. The van der Waals surface area contributed by atoms with E-state index >= 15 is 0 Å². The summed E-state index contributed by atoms with van der Waals surface area (Å²) in [5, 5.41) is 16.8. The minimum atomic E-state index is -0.817. The lowest BCUT2D eigenvalue weighted by atomic mass is 9.97. The molecule has 1 fully saturated rings. The highest BCUT2D eigenvalue weighted by Crippen LogP contribution is 2.18. The summed E-state index contributed by atoms with van der Waals surface area (Å²) in [5.74, 6) is -1.80. The molecular weight excluding hydrogens is 315 g/mol. The van der Waals surface area contributed by atoms with E-state index in [1.165, 1.54) is 23.0 Å². The lowest BCUT2D eigenvalue weighted by Gasteiger charge is -2.29. The molecule has 0 saturated carbocycles. The topological polar surface area (TPSA) is 88.3 Å². The van der Waals surface area contributed by atoms with Crippen molar-refractivity contribution in [3.05, 3.63) is 47.5 Å². The normalized spacial score (nSPS) is 15.5. The summed E-state index contributed by atoms with van der Waals surface area (Å²) in [6.07, 6.45) is 2.41. The smallest absolute Gasteiger partial charge is 0.306 e. The Morgan fingerprint density at radius 2 is 2.04 bits per heavy atom. The van der Waals surface area contributed by atoms with Crippen molar-refractivity contribution in [1.29, 1.82) is 0 Å². The van der Waals surface area contributed by atoms with E-state index in [0.717, 1.165) is 5.56 Å². The molecule has 1 amide bonds. The minimum Gasteiger partial charge on any atom is -0.481 e. The van der Waals surface area contributed by atoms with E-state index in [1.807, 2.05) is 0 Å². The third kappa shape index (κ3) is 3.58. The van der Waals surface area contributed by atoms with E-state index in [9.17, 15) is 14.0 Å². The second-order valence-corrected chi connectivity index (χ2v) is 5.84. The van der Waals surface area contributed by atoms with Gasteiger partial charge in [-0.15, -0.1) is 5.10 Å². The summed E-state index contributed by atoms with van der Waals surface area (Å²) >= 11 is 0.